The lowest BCUT2D eigenvalue weighted by atomic mass is 10.1. The van der Waals surface area contributed by atoms with Gasteiger partial charge in [-0.15, -0.1) is 0 Å². The Morgan fingerprint density at radius 3 is 2.90 bits per heavy atom. The highest BCUT2D eigenvalue weighted by atomic mass is 16.5. The average Bonchev–Trinajstić information content (AvgIpc) is 2.52. The molecule has 0 spiro atoms. The monoisotopic (exact) mass is 293 g/mol. The molecule has 1 aromatic rings. The van der Waals surface area contributed by atoms with Gasteiger partial charge in [-0.3, -0.25) is 4.79 Å². The standard InChI is InChI=1S/C15H19NO5/c1-20-12-5-3-2-4-11(12)6-7-14(17)16-8-9-21-13(10-16)15(18)19/h2-5,13H,6-10H2,1H3,(H,18,19)/t13-/m1/s1. The Morgan fingerprint density at radius 1 is 1.43 bits per heavy atom. The largest absolute Gasteiger partial charge is 0.496 e. The first-order valence-corrected chi connectivity index (χ1v) is 6.86. The number of aryl methyl sites for hydroxylation is 1. The summed E-state index contributed by atoms with van der Waals surface area (Å²) in [6.45, 7) is 0.812. The van der Waals surface area contributed by atoms with Crippen molar-refractivity contribution in [2.45, 2.75) is 18.9 Å². The molecule has 6 heteroatoms. The van der Waals surface area contributed by atoms with Gasteiger partial charge < -0.3 is 19.5 Å². The van der Waals surface area contributed by atoms with Crippen LogP contribution in [0.3, 0.4) is 0 Å². The molecule has 0 radical (unpaired) electrons. The number of methoxy groups -OCH3 is 1. The number of para-hydroxylation sites is 1. The van der Waals surface area contributed by atoms with Crippen molar-refractivity contribution in [3.8, 4) is 5.75 Å². The van der Waals surface area contributed by atoms with E-state index in [2.05, 4.69) is 0 Å². The first kappa shape index (κ1) is 15.3. The number of carbonyl (C=O) groups is 2. The van der Waals surface area contributed by atoms with Gasteiger partial charge in [0.2, 0.25) is 5.91 Å². The number of hydrogen-bond donors (Lipinski definition) is 1. The second-order valence-electron chi connectivity index (χ2n) is 4.85. The number of nitrogens with zero attached hydrogens (tertiary/aromatic N) is 1. The van der Waals surface area contributed by atoms with Crippen molar-refractivity contribution < 1.29 is 24.2 Å². The molecule has 1 aromatic carbocycles. The third kappa shape index (κ3) is 3.95. The third-order valence-electron chi connectivity index (χ3n) is 3.50. The Balaban J connectivity index is 1.91. The summed E-state index contributed by atoms with van der Waals surface area (Å²) in [5, 5.41) is 8.93. The van der Waals surface area contributed by atoms with Crippen LogP contribution in [0.4, 0.5) is 0 Å². The Bertz CT molecular complexity index is 517. The SMILES string of the molecule is COc1ccccc1CCC(=O)N1CCO[C@@H](C(=O)O)C1. The van der Waals surface area contributed by atoms with E-state index in [0.717, 1.165) is 11.3 Å². The minimum Gasteiger partial charge on any atom is -0.496 e. The maximum Gasteiger partial charge on any atom is 0.334 e. The van der Waals surface area contributed by atoms with Gasteiger partial charge in [0.15, 0.2) is 6.10 Å². The maximum atomic E-state index is 12.2. The van der Waals surface area contributed by atoms with Crippen LogP contribution in [0.2, 0.25) is 0 Å². The number of morpholine rings is 1. The topological polar surface area (TPSA) is 76.1 Å². The van der Waals surface area contributed by atoms with E-state index in [1.54, 1.807) is 12.0 Å². The van der Waals surface area contributed by atoms with Gasteiger partial charge in [0.05, 0.1) is 20.3 Å². The number of carboxylic acids is 1. The number of ether oxygens (including phenoxy) is 2. The van der Waals surface area contributed by atoms with Crippen molar-refractivity contribution in [1.82, 2.24) is 4.90 Å². The number of benzene rings is 1. The molecule has 1 aliphatic rings. The molecule has 2 rings (SSSR count). The maximum absolute atomic E-state index is 12.2. The van der Waals surface area contributed by atoms with Crippen LogP contribution in [0.25, 0.3) is 0 Å². The molecule has 6 nitrogen and oxygen atoms in total. The molecule has 0 unspecified atom stereocenters. The fraction of sp³-hybridized carbons (Fsp3) is 0.467. The minimum absolute atomic E-state index is 0.0598. The van der Waals surface area contributed by atoms with E-state index in [4.69, 9.17) is 14.6 Å². The molecule has 1 saturated heterocycles. The summed E-state index contributed by atoms with van der Waals surface area (Å²) in [7, 11) is 1.60. The van der Waals surface area contributed by atoms with Crippen LogP contribution in [-0.4, -0.2) is 54.8 Å². The van der Waals surface area contributed by atoms with E-state index in [0.29, 0.717) is 19.4 Å². The minimum atomic E-state index is -1.03. The Morgan fingerprint density at radius 2 is 2.19 bits per heavy atom. The lowest BCUT2D eigenvalue weighted by Gasteiger charge is -2.31. The molecule has 0 bridgehead atoms. The van der Waals surface area contributed by atoms with Crippen molar-refractivity contribution >= 4 is 11.9 Å². The molecule has 1 aliphatic heterocycles. The van der Waals surface area contributed by atoms with Crippen LogP contribution in [0, 0.1) is 0 Å². The van der Waals surface area contributed by atoms with E-state index >= 15 is 0 Å². The van der Waals surface area contributed by atoms with Gasteiger partial charge in [0.1, 0.15) is 5.75 Å². The number of carboxylic acid groups (broad SMARTS) is 1. The van der Waals surface area contributed by atoms with Crippen LogP contribution in [-0.2, 0) is 20.7 Å². The highest BCUT2D eigenvalue weighted by Crippen LogP contribution is 2.19. The number of aliphatic carboxylic acids is 1. The summed E-state index contributed by atoms with van der Waals surface area (Å²) in [6.07, 6.45) is -0.0288. The van der Waals surface area contributed by atoms with Gasteiger partial charge in [-0.2, -0.15) is 0 Å². The van der Waals surface area contributed by atoms with Gasteiger partial charge in [-0.25, -0.2) is 4.79 Å². The summed E-state index contributed by atoms with van der Waals surface area (Å²) in [4.78, 5) is 24.6. The number of hydrogen-bond acceptors (Lipinski definition) is 4. The Labute approximate surface area is 123 Å². The van der Waals surface area contributed by atoms with Crippen molar-refractivity contribution in [1.29, 1.82) is 0 Å². The molecular weight excluding hydrogens is 274 g/mol. The average molecular weight is 293 g/mol. The smallest absolute Gasteiger partial charge is 0.334 e. The van der Waals surface area contributed by atoms with E-state index in [9.17, 15) is 9.59 Å². The third-order valence-corrected chi connectivity index (χ3v) is 3.50. The van der Waals surface area contributed by atoms with E-state index < -0.39 is 12.1 Å². The van der Waals surface area contributed by atoms with Gasteiger partial charge in [-0.1, -0.05) is 18.2 Å². The molecule has 21 heavy (non-hydrogen) atoms. The molecule has 1 amide bonds. The summed E-state index contributed by atoms with van der Waals surface area (Å²) >= 11 is 0. The van der Waals surface area contributed by atoms with E-state index in [-0.39, 0.29) is 19.1 Å². The number of carbonyl (C=O) groups excluding carboxylic acids is 1. The van der Waals surface area contributed by atoms with E-state index in [1.807, 2.05) is 24.3 Å². The van der Waals surface area contributed by atoms with Crippen molar-refractivity contribution in [2.75, 3.05) is 26.8 Å². The van der Waals surface area contributed by atoms with E-state index in [1.165, 1.54) is 0 Å². The molecule has 114 valence electrons. The van der Waals surface area contributed by atoms with Gasteiger partial charge in [0.25, 0.3) is 0 Å². The lowest BCUT2D eigenvalue weighted by Crippen LogP contribution is -2.48. The van der Waals surface area contributed by atoms with Gasteiger partial charge in [0, 0.05) is 13.0 Å². The first-order chi connectivity index (χ1) is 10.1. The van der Waals surface area contributed by atoms with Crippen LogP contribution in [0.1, 0.15) is 12.0 Å². The van der Waals surface area contributed by atoms with Gasteiger partial charge >= 0.3 is 5.97 Å². The summed E-state index contributed by atoms with van der Waals surface area (Å²) in [6, 6.07) is 7.56. The predicted molar refractivity (Wildman–Crippen MR) is 75.3 cm³/mol. The molecular formula is C15H19NO5. The highest BCUT2D eigenvalue weighted by Gasteiger charge is 2.28. The molecule has 1 atom stereocenters. The fourth-order valence-electron chi connectivity index (χ4n) is 2.33. The normalized spacial score (nSPS) is 18.3. The molecule has 1 N–H and O–H groups in total. The quantitative estimate of drug-likeness (QED) is 0.874. The highest BCUT2D eigenvalue weighted by molar-refractivity contribution is 5.79. The summed E-state index contributed by atoms with van der Waals surface area (Å²) in [5.41, 5.74) is 0.969. The summed E-state index contributed by atoms with van der Waals surface area (Å²) < 4.78 is 10.4. The number of rotatable bonds is 5. The second kappa shape index (κ2) is 7.08. The van der Waals surface area contributed by atoms with Crippen molar-refractivity contribution in [3.63, 3.8) is 0 Å². The Hall–Kier alpha value is -2.08. The molecule has 1 fully saturated rings. The van der Waals surface area contributed by atoms with Crippen LogP contribution in [0.5, 0.6) is 5.75 Å². The zero-order chi connectivity index (χ0) is 15.2. The lowest BCUT2D eigenvalue weighted by molar-refractivity contribution is -0.159. The van der Waals surface area contributed by atoms with Crippen LogP contribution in [0.15, 0.2) is 24.3 Å². The fourth-order valence-corrected chi connectivity index (χ4v) is 2.33. The molecule has 0 aliphatic carbocycles. The zero-order valence-corrected chi connectivity index (χ0v) is 11.9. The summed E-state index contributed by atoms with van der Waals surface area (Å²) in [5.74, 6) is -0.330. The zero-order valence-electron chi connectivity index (χ0n) is 11.9. The Kier molecular flexibility index (Phi) is 5.16. The molecule has 0 aromatic heterocycles. The van der Waals surface area contributed by atoms with Crippen molar-refractivity contribution in [3.05, 3.63) is 29.8 Å². The van der Waals surface area contributed by atoms with Gasteiger partial charge in [-0.05, 0) is 18.1 Å². The molecule has 1 heterocycles. The van der Waals surface area contributed by atoms with Crippen molar-refractivity contribution in [2.24, 2.45) is 0 Å². The van der Waals surface area contributed by atoms with Crippen LogP contribution >= 0.6 is 0 Å². The predicted octanol–water partition coefficient (Wildman–Crippen LogP) is 0.940. The second-order valence-corrected chi connectivity index (χ2v) is 4.85. The first-order valence-electron chi connectivity index (χ1n) is 6.86. The molecule has 0 saturated carbocycles. The number of amides is 1. The van der Waals surface area contributed by atoms with Crippen LogP contribution < -0.4 is 4.74 Å².